The minimum Gasteiger partial charge on any atom is -0.391 e. The molecule has 2 fully saturated rings. The highest BCUT2D eigenvalue weighted by Gasteiger charge is 2.33. The van der Waals surface area contributed by atoms with Crippen molar-refractivity contribution in [3.05, 3.63) is 0 Å². The zero-order valence-electron chi connectivity index (χ0n) is 10.2. The highest BCUT2D eigenvalue weighted by atomic mass is 16.3. The number of aliphatic hydroxyl groups excluding tert-OH is 1. The zero-order chi connectivity index (χ0) is 10.8. The highest BCUT2D eigenvalue weighted by molar-refractivity contribution is 4.87. The largest absolute Gasteiger partial charge is 0.391 e. The molecule has 0 amide bonds. The first kappa shape index (κ1) is 11.4. The minimum atomic E-state index is -0.0726. The Balaban J connectivity index is 1.85. The van der Waals surface area contributed by atoms with E-state index in [2.05, 4.69) is 18.9 Å². The van der Waals surface area contributed by atoms with Crippen LogP contribution in [0, 0.1) is 11.8 Å². The molecule has 0 radical (unpaired) electrons. The lowest BCUT2D eigenvalue weighted by Crippen LogP contribution is -2.46. The van der Waals surface area contributed by atoms with Crippen molar-refractivity contribution >= 4 is 0 Å². The van der Waals surface area contributed by atoms with Gasteiger partial charge in [0, 0.05) is 12.6 Å². The van der Waals surface area contributed by atoms with Crippen molar-refractivity contribution in [3.8, 4) is 0 Å². The van der Waals surface area contributed by atoms with Crippen LogP contribution in [0.15, 0.2) is 0 Å². The van der Waals surface area contributed by atoms with Gasteiger partial charge in [0.05, 0.1) is 6.10 Å². The first-order valence-corrected chi connectivity index (χ1v) is 6.59. The summed E-state index contributed by atoms with van der Waals surface area (Å²) in [7, 11) is 2.20. The van der Waals surface area contributed by atoms with Gasteiger partial charge in [-0.25, -0.2) is 0 Å². The number of aliphatic hydroxyl groups is 1. The molecule has 2 nitrogen and oxygen atoms in total. The van der Waals surface area contributed by atoms with Gasteiger partial charge in [0.15, 0.2) is 0 Å². The summed E-state index contributed by atoms with van der Waals surface area (Å²) in [6, 6.07) is 0.435. The maximum Gasteiger partial charge on any atom is 0.0695 e. The van der Waals surface area contributed by atoms with Crippen LogP contribution in [0.4, 0.5) is 0 Å². The molecule has 0 spiro atoms. The fourth-order valence-corrected chi connectivity index (χ4v) is 2.90. The molecule has 15 heavy (non-hydrogen) atoms. The van der Waals surface area contributed by atoms with Crippen LogP contribution in [0.5, 0.6) is 0 Å². The van der Waals surface area contributed by atoms with Crippen molar-refractivity contribution in [2.45, 2.75) is 57.6 Å². The number of nitrogens with zero attached hydrogens (tertiary/aromatic N) is 1. The van der Waals surface area contributed by atoms with E-state index in [1.165, 1.54) is 38.6 Å². The summed E-state index contributed by atoms with van der Waals surface area (Å²) < 4.78 is 0. The molecule has 2 aliphatic rings. The second-order valence-electron chi connectivity index (χ2n) is 5.60. The zero-order valence-corrected chi connectivity index (χ0v) is 10.2. The third kappa shape index (κ3) is 2.94. The lowest BCUT2D eigenvalue weighted by atomic mass is 9.82. The molecule has 0 aromatic heterocycles. The fourth-order valence-electron chi connectivity index (χ4n) is 2.90. The molecule has 2 aliphatic carbocycles. The van der Waals surface area contributed by atoms with Gasteiger partial charge in [-0.05, 0) is 51.0 Å². The molecule has 88 valence electrons. The monoisotopic (exact) mass is 211 g/mol. The quantitative estimate of drug-likeness (QED) is 0.771. The molecule has 2 saturated carbocycles. The predicted molar refractivity (Wildman–Crippen MR) is 62.8 cm³/mol. The molecule has 0 heterocycles. The fraction of sp³-hybridized carbons (Fsp3) is 1.00. The molecule has 3 unspecified atom stereocenters. The van der Waals surface area contributed by atoms with E-state index in [1.807, 2.05) is 0 Å². The van der Waals surface area contributed by atoms with Gasteiger partial charge in [-0.3, -0.25) is 0 Å². The molecule has 1 N–H and O–H groups in total. The molecule has 0 aromatic rings. The van der Waals surface area contributed by atoms with Crippen molar-refractivity contribution in [1.82, 2.24) is 4.90 Å². The minimum absolute atomic E-state index is 0.0726. The van der Waals surface area contributed by atoms with Crippen LogP contribution >= 0.6 is 0 Å². The maximum atomic E-state index is 10.0. The Morgan fingerprint density at radius 2 is 1.80 bits per heavy atom. The Morgan fingerprint density at radius 1 is 1.13 bits per heavy atom. The summed E-state index contributed by atoms with van der Waals surface area (Å²) in [4.78, 5) is 2.42. The molecule has 0 aromatic carbocycles. The Bertz CT molecular complexity index is 203. The topological polar surface area (TPSA) is 23.5 Å². The standard InChI is InChI=1S/C13H25NO/c1-3-10-6-7-13(15)12(8-10)14(2)9-11-4-5-11/h10-13,15H,3-9H2,1-2H3. The second kappa shape index (κ2) is 4.84. The molecule has 0 saturated heterocycles. The predicted octanol–water partition coefficient (Wildman–Crippen LogP) is 2.27. The third-order valence-electron chi connectivity index (χ3n) is 4.28. The molecule has 2 heteroatoms. The summed E-state index contributed by atoms with van der Waals surface area (Å²) in [6.45, 7) is 3.48. The smallest absolute Gasteiger partial charge is 0.0695 e. The average Bonchev–Trinajstić information content (AvgIpc) is 3.02. The second-order valence-corrected chi connectivity index (χ2v) is 5.60. The van der Waals surface area contributed by atoms with E-state index < -0.39 is 0 Å². The van der Waals surface area contributed by atoms with Gasteiger partial charge in [0.25, 0.3) is 0 Å². The van der Waals surface area contributed by atoms with Crippen LogP contribution in [-0.2, 0) is 0 Å². The lowest BCUT2D eigenvalue weighted by molar-refractivity contribution is 0.0120. The van der Waals surface area contributed by atoms with Gasteiger partial charge in [-0.15, -0.1) is 0 Å². The third-order valence-corrected chi connectivity index (χ3v) is 4.28. The van der Waals surface area contributed by atoms with Crippen LogP contribution in [-0.4, -0.2) is 35.7 Å². The SMILES string of the molecule is CCC1CCC(O)C(N(C)CC2CC2)C1. The molecular formula is C13H25NO. The summed E-state index contributed by atoms with van der Waals surface area (Å²) >= 11 is 0. The first-order valence-electron chi connectivity index (χ1n) is 6.59. The van der Waals surface area contributed by atoms with Crippen LogP contribution in [0.1, 0.15) is 45.4 Å². The van der Waals surface area contributed by atoms with Gasteiger partial charge in [0.2, 0.25) is 0 Å². The van der Waals surface area contributed by atoms with Crippen LogP contribution < -0.4 is 0 Å². The van der Waals surface area contributed by atoms with E-state index in [4.69, 9.17) is 0 Å². The summed E-state index contributed by atoms with van der Waals surface area (Å²) in [5, 5.41) is 10.0. The van der Waals surface area contributed by atoms with Crippen LogP contribution in [0.3, 0.4) is 0 Å². The molecular weight excluding hydrogens is 186 g/mol. The highest BCUT2D eigenvalue weighted by Crippen LogP contribution is 2.34. The summed E-state index contributed by atoms with van der Waals surface area (Å²) in [5.74, 6) is 1.78. The van der Waals surface area contributed by atoms with Crippen molar-refractivity contribution in [1.29, 1.82) is 0 Å². The number of rotatable bonds is 4. The van der Waals surface area contributed by atoms with Crippen molar-refractivity contribution in [3.63, 3.8) is 0 Å². The first-order chi connectivity index (χ1) is 7.20. The lowest BCUT2D eigenvalue weighted by Gasteiger charge is -2.38. The molecule has 3 atom stereocenters. The van der Waals surface area contributed by atoms with E-state index in [9.17, 15) is 5.11 Å². The Hall–Kier alpha value is -0.0800. The normalized spacial score (nSPS) is 37.2. The van der Waals surface area contributed by atoms with E-state index in [0.717, 1.165) is 18.3 Å². The number of likely N-dealkylation sites (N-methyl/N-ethyl adjacent to an activating group) is 1. The Morgan fingerprint density at radius 3 is 2.40 bits per heavy atom. The number of hydrogen-bond donors (Lipinski definition) is 1. The van der Waals surface area contributed by atoms with Crippen molar-refractivity contribution in [2.24, 2.45) is 11.8 Å². The average molecular weight is 211 g/mol. The van der Waals surface area contributed by atoms with Gasteiger partial charge < -0.3 is 10.0 Å². The van der Waals surface area contributed by atoms with Crippen molar-refractivity contribution in [2.75, 3.05) is 13.6 Å². The van der Waals surface area contributed by atoms with Crippen LogP contribution in [0.2, 0.25) is 0 Å². The molecule has 2 rings (SSSR count). The number of hydrogen-bond acceptors (Lipinski definition) is 2. The van der Waals surface area contributed by atoms with Gasteiger partial charge in [-0.1, -0.05) is 13.3 Å². The molecule has 0 bridgehead atoms. The summed E-state index contributed by atoms with van der Waals surface area (Å²) in [5.41, 5.74) is 0. The Labute approximate surface area is 93.7 Å². The van der Waals surface area contributed by atoms with E-state index in [-0.39, 0.29) is 6.10 Å². The van der Waals surface area contributed by atoms with Gasteiger partial charge in [-0.2, -0.15) is 0 Å². The van der Waals surface area contributed by atoms with Crippen molar-refractivity contribution < 1.29 is 5.11 Å². The molecule has 0 aliphatic heterocycles. The van der Waals surface area contributed by atoms with E-state index in [1.54, 1.807) is 0 Å². The van der Waals surface area contributed by atoms with Gasteiger partial charge >= 0.3 is 0 Å². The van der Waals surface area contributed by atoms with Crippen LogP contribution in [0.25, 0.3) is 0 Å². The maximum absolute atomic E-state index is 10.0. The van der Waals surface area contributed by atoms with Gasteiger partial charge in [0.1, 0.15) is 0 Å². The van der Waals surface area contributed by atoms with E-state index in [0.29, 0.717) is 6.04 Å². The van der Waals surface area contributed by atoms with E-state index >= 15 is 0 Å². The Kier molecular flexibility index (Phi) is 3.68. The summed E-state index contributed by atoms with van der Waals surface area (Å²) in [6.07, 6.45) is 7.47.